The second-order valence-electron chi connectivity index (χ2n) is 10.6. The quantitative estimate of drug-likeness (QED) is 0.398. The van der Waals surface area contributed by atoms with Crippen LogP contribution in [0.3, 0.4) is 0 Å². The van der Waals surface area contributed by atoms with Gasteiger partial charge < -0.3 is 10.6 Å². The summed E-state index contributed by atoms with van der Waals surface area (Å²) in [6.07, 6.45) is 9.08. The Labute approximate surface area is 199 Å². The van der Waals surface area contributed by atoms with Gasteiger partial charge in [0.15, 0.2) is 5.78 Å². The number of amides is 2. The molecule has 0 spiro atoms. The predicted octanol–water partition coefficient (Wildman–Crippen LogP) is 3.65. The Morgan fingerprint density at radius 3 is 2.25 bits per heavy atom. The Balaban J connectivity index is 1.49. The largest absolute Gasteiger partial charge is 0.363 e. The van der Waals surface area contributed by atoms with Crippen LogP contribution in [-0.2, 0) is 19.2 Å². The molecular formula is C24H34Cl2N2O4. The van der Waals surface area contributed by atoms with Crippen molar-refractivity contribution in [1.82, 2.24) is 4.90 Å². The number of halogens is 2. The van der Waals surface area contributed by atoms with Gasteiger partial charge in [0.25, 0.3) is 5.91 Å². The van der Waals surface area contributed by atoms with Crippen molar-refractivity contribution in [2.45, 2.75) is 81.5 Å². The number of hydrogen-bond donors (Lipinski definition) is 1. The minimum absolute atomic E-state index is 0.0108. The third kappa shape index (κ3) is 4.46. The summed E-state index contributed by atoms with van der Waals surface area (Å²) in [5, 5.41) is 0. The SMILES string of the molecule is C[C@H](C(=O)N1C[C@H]2[C@@H]([C@H]1C(=O)CC(CC1CCC1)C(=O)C(N)=O)C2(Cl)Cl)C1CCCCC1. The zero-order chi connectivity index (χ0) is 23.2. The third-order valence-corrected chi connectivity index (χ3v) is 9.66. The maximum Gasteiger partial charge on any atom is 0.285 e. The van der Waals surface area contributed by atoms with E-state index in [0.717, 1.165) is 44.9 Å². The summed E-state index contributed by atoms with van der Waals surface area (Å²) >= 11 is 12.9. The van der Waals surface area contributed by atoms with Crippen LogP contribution in [0.4, 0.5) is 0 Å². The topological polar surface area (TPSA) is 97.5 Å². The van der Waals surface area contributed by atoms with Gasteiger partial charge in [-0.1, -0.05) is 45.4 Å². The normalized spacial score (nSPS) is 31.3. The zero-order valence-electron chi connectivity index (χ0n) is 18.7. The molecule has 3 aliphatic carbocycles. The number of nitrogens with two attached hydrogens (primary N) is 1. The first-order chi connectivity index (χ1) is 15.1. The summed E-state index contributed by atoms with van der Waals surface area (Å²) in [5.74, 6) is -2.55. The highest BCUT2D eigenvalue weighted by atomic mass is 35.5. The summed E-state index contributed by atoms with van der Waals surface area (Å²) in [7, 11) is 0. The molecule has 1 heterocycles. The number of alkyl halides is 2. The van der Waals surface area contributed by atoms with Crippen LogP contribution in [0.15, 0.2) is 0 Å². The molecule has 4 rings (SSSR count). The Morgan fingerprint density at radius 1 is 1.03 bits per heavy atom. The zero-order valence-corrected chi connectivity index (χ0v) is 20.2. The van der Waals surface area contributed by atoms with E-state index in [1.165, 1.54) is 6.42 Å². The molecule has 1 aliphatic heterocycles. The van der Waals surface area contributed by atoms with E-state index < -0.39 is 28.0 Å². The number of nitrogens with zero attached hydrogens (tertiary/aromatic N) is 1. The highest BCUT2D eigenvalue weighted by Crippen LogP contribution is 2.65. The van der Waals surface area contributed by atoms with Crippen LogP contribution >= 0.6 is 23.2 Å². The van der Waals surface area contributed by atoms with Gasteiger partial charge in [0, 0.05) is 36.6 Å². The van der Waals surface area contributed by atoms with Gasteiger partial charge in [-0.2, -0.15) is 0 Å². The molecular weight excluding hydrogens is 451 g/mol. The van der Waals surface area contributed by atoms with E-state index >= 15 is 0 Å². The summed E-state index contributed by atoms with van der Waals surface area (Å²) < 4.78 is -1.01. The van der Waals surface area contributed by atoms with Gasteiger partial charge in [0.05, 0.1) is 6.04 Å². The van der Waals surface area contributed by atoms with E-state index in [1.807, 2.05) is 6.92 Å². The van der Waals surface area contributed by atoms with Gasteiger partial charge >= 0.3 is 0 Å². The number of fused-ring (bicyclic) bond motifs is 1. The number of hydrogen-bond acceptors (Lipinski definition) is 4. The summed E-state index contributed by atoms with van der Waals surface area (Å²) in [5.41, 5.74) is 5.27. The van der Waals surface area contributed by atoms with Crippen molar-refractivity contribution in [3.8, 4) is 0 Å². The molecule has 0 aromatic heterocycles. The average Bonchev–Trinajstić information content (AvgIpc) is 3.08. The molecule has 8 heteroatoms. The molecule has 1 unspecified atom stereocenters. The molecule has 4 aliphatic rings. The number of rotatable bonds is 9. The van der Waals surface area contributed by atoms with E-state index in [2.05, 4.69) is 0 Å². The molecule has 4 fully saturated rings. The Hall–Kier alpha value is -1.14. The van der Waals surface area contributed by atoms with E-state index in [0.29, 0.717) is 24.8 Å². The molecule has 0 aromatic rings. The Bertz CT molecular complexity index is 791. The first-order valence-corrected chi connectivity index (χ1v) is 12.9. The second kappa shape index (κ2) is 9.25. The fourth-order valence-corrected chi connectivity index (χ4v) is 7.11. The molecule has 32 heavy (non-hydrogen) atoms. The van der Waals surface area contributed by atoms with Crippen LogP contribution in [0.5, 0.6) is 0 Å². The monoisotopic (exact) mass is 484 g/mol. The molecule has 0 aromatic carbocycles. The van der Waals surface area contributed by atoms with Gasteiger partial charge in [-0.05, 0) is 31.1 Å². The van der Waals surface area contributed by atoms with Crippen LogP contribution < -0.4 is 5.73 Å². The van der Waals surface area contributed by atoms with Crippen molar-refractivity contribution in [3.05, 3.63) is 0 Å². The van der Waals surface area contributed by atoms with Crippen molar-refractivity contribution < 1.29 is 19.2 Å². The number of likely N-dealkylation sites (tertiary alicyclic amines) is 1. The first kappa shape index (κ1) is 24.0. The fourth-order valence-electron chi connectivity index (χ4n) is 6.28. The molecule has 2 amide bonds. The second-order valence-corrected chi connectivity index (χ2v) is 12.0. The average molecular weight is 485 g/mol. The van der Waals surface area contributed by atoms with Crippen LogP contribution in [0, 0.1) is 35.5 Å². The molecule has 0 bridgehead atoms. The van der Waals surface area contributed by atoms with Gasteiger partial charge in [-0.25, -0.2) is 0 Å². The van der Waals surface area contributed by atoms with Crippen molar-refractivity contribution in [1.29, 1.82) is 0 Å². The molecule has 5 atom stereocenters. The van der Waals surface area contributed by atoms with Crippen LogP contribution in [-0.4, -0.2) is 45.2 Å². The van der Waals surface area contributed by atoms with Crippen molar-refractivity contribution >= 4 is 46.6 Å². The van der Waals surface area contributed by atoms with Gasteiger partial charge in [0.2, 0.25) is 11.7 Å². The van der Waals surface area contributed by atoms with Crippen LogP contribution in [0.25, 0.3) is 0 Å². The lowest BCUT2D eigenvalue weighted by molar-refractivity contribution is -0.145. The number of carbonyl (C=O) groups is 4. The summed E-state index contributed by atoms with van der Waals surface area (Å²) in [6, 6.07) is -0.724. The van der Waals surface area contributed by atoms with E-state index in [1.54, 1.807) is 4.90 Å². The van der Waals surface area contributed by atoms with Crippen molar-refractivity contribution in [2.75, 3.05) is 6.54 Å². The van der Waals surface area contributed by atoms with E-state index in [9.17, 15) is 19.2 Å². The lowest BCUT2D eigenvalue weighted by Gasteiger charge is -2.35. The molecule has 1 saturated heterocycles. The number of primary amides is 1. The molecule has 0 radical (unpaired) electrons. The lowest BCUT2D eigenvalue weighted by atomic mass is 9.76. The molecule has 6 nitrogen and oxygen atoms in total. The van der Waals surface area contributed by atoms with Crippen molar-refractivity contribution in [3.63, 3.8) is 0 Å². The van der Waals surface area contributed by atoms with Gasteiger partial charge in [-0.3, -0.25) is 19.2 Å². The van der Waals surface area contributed by atoms with E-state index in [4.69, 9.17) is 28.9 Å². The highest BCUT2D eigenvalue weighted by molar-refractivity contribution is 6.51. The predicted molar refractivity (Wildman–Crippen MR) is 122 cm³/mol. The smallest absolute Gasteiger partial charge is 0.285 e. The number of piperidine rings is 1. The Morgan fingerprint density at radius 2 is 1.69 bits per heavy atom. The highest BCUT2D eigenvalue weighted by Gasteiger charge is 2.73. The van der Waals surface area contributed by atoms with Crippen molar-refractivity contribution in [2.24, 2.45) is 41.2 Å². The van der Waals surface area contributed by atoms with Crippen LogP contribution in [0.1, 0.15) is 71.1 Å². The van der Waals surface area contributed by atoms with Gasteiger partial charge in [-0.15, -0.1) is 23.2 Å². The maximum atomic E-state index is 13.5. The third-order valence-electron chi connectivity index (χ3n) is 8.60. The fraction of sp³-hybridized carbons (Fsp3) is 0.833. The lowest BCUT2D eigenvalue weighted by Crippen LogP contribution is -2.49. The minimum Gasteiger partial charge on any atom is -0.363 e. The van der Waals surface area contributed by atoms with E-state index in [-0.39, 0.29) is 35.9 Å². The maximum absolute atomic E-state index is 13.5. The minimum atomic E-state index is -1.01. The summed E-state index contributed by atoms with van der Waals surface area (Å²) in [4.78, 5) is 52.7. The number of Topliss-reactive ketones (excluding diaryl/α,β-unsaturated/α-hetero) is 2. The molecule has 2 N–H and O–H groups in total. The van der Waals surface area contributed by atoms with Gasteiger partial charge in [0.1, 0.15) is 4.33 Å². The molecule has 3 saturated carbocycles. The first-order valence-electron chi connectivity index (χ1n) is 12.2. The van der Waals surface area contributed by atoms with Crippen LogP contribution in [0.2, 0.25) is 0 Å². The standard InChI is InChI=1S/C24H34Cl2N2O4/c1-13(15-8-3-2-4-9-15)23(32)28-12-17-19(24(17,25)26)20(28)18(29)11-16(21(30)22(27)31)10-14-6-5-7-14/h13-17,19-20H,2-12H2,1H3,(H2,27,31)/t13-,16?,17-,19-,20+/m0/s1. The summed E-state index contributed by atoms with van der Waals surface area (Å²) in [6.45, 7) is 2.34. The number of ketones is 2. The molecule has 178 valence electrons. The number of carbonyl (C=O) groups excluding carboxylic acids is 4. The Kier molecular flexibility index (Phi) is 6.94.